The van der Waals surface area contributed by atoms with Gasteiger partial charge < -0.3 is 25.2 Å². The predicted molar refractivity (Wildman–Crippen MR) is 120 cm³/mol. The maximum atomic E-state index is 9.29. The van der Waals surface area contributed by atoms with E-state index < -0.39 is 0 Å². The summed E-state index contributed by atoms with van der Waals surface area (Å²) >= 11 is 0. The van der Waals surface area contributed by atoms with Crippen LogP contribution in [-0.4, -0.2) is 57.6 Å². The largest absolute Gasteiger partial charge is 0.508 e. The molecule has 0 bridgehead atoms. The third-order valence-electron chi connectivity index (χ3n) is 4.55. The average Bonchev–Trinajstić information content (AvgIpc) is 2.68. The minimum Gasteiger partial charge on any atom is -0.508 e. The van der Waals surface area contributed by atoms with E-state index in [0.717, 1.165) is 77.6 Å². The Morgan fingerprint density at radius 2 is 1.81 bits per heavy atom. The van der Waals surface area contributed by atoms with Gasteiger partial charge in [0, 0.05) is 46.6 Å². The van der Waals surface area contributed by atoms with Gasteiger partial charge in [-0.25, -0.2) is 0 Å². The summed E-state index contributed by atoms with van der Waals surface area (Å²) in [5, 5.41) is 15.9. The molecule has 6 nitrogen and oxygen atoms in total. The molecule has 0 aromatic heterocycles. The SMILES string of the molecule is CN=C(NCCCOCC1CCOCC1)NCCCc1ccc(O)cc1.I. The lowest BCUT2D eigenvalue weighted by Crippen LogP contribution is -2.38. The van der Waals surface area contributed by atoms with E-state index in [1.54, 1.807) is 19.2 Å². The number of hydrogen-bond acceptors (Lipinski definition) is 4. The maximum absolute atomic E-state index is 9.29. The highest BCUT2D eigenvalue weighted by molar-refractivity contribution is 14.0. The highest BCUT2D eigenvalue weighted by Gasteiger charge is 2.13. The molecule has 0 radical (unpaired) electrons. The number of rotatable bonds is 10. The van der Waals surface area contributed by atoms with Crippen LogP contribution in [0.15, 0.2) is 29.3 Å². The summed E-state index contributed by atoms with van der Waals surface area (Å²) in [7, 11) is 1.79. The molecule has 1 fully saturated rings. The monoisotopic (exact) mass is 491 g/mol. The molecule has 1 aromatic carbocycles. The van der Waals surface area contributed by atoms with Crippen LogP contribution in [0.5, 0.6) is 5.75 Å². The Balaban J connectivity index is 0.00000364. The Bertz CT molecular complexity index is 520. The van der Waals surface area contributed by atoms with Crippen molar-refractivity contribution >= 4 is 29.9 Å². The van der Waals surface area contributed by atoms with E-state index in [-0.39, 0.29) is 24.0 Å². The van der Waals surface area contributed by atoms with E-state index in [4.69, 9.17) is 9.47 Å². The van der Waals surface area contributed by atoms with Gasteiger partial charge >= 0.3 is 0 Å². The Morgan fingerprint density at radius 3 is 2.48 bits per heavy atom. The lowest BCUT2D eigenvalue weighted by molar-refractivity contribution is 0.0203. The number of aliphatic imine (C=N–C) groups is 1. The number of nitrogens with zero attached hydrogens (tertiary/aromatic N) is 1. The first-order valence-electron chi connectivity index (χ1n) is 9.66. The van der Waals surface area contributed by atoms with E-state index in [2.05, 4.69) is 15.6 Å². The summed E-state index contributed by atoms with van der Waals surface area (Å²) in [5.41, 5.74) is 1.23. The number of benzene rings is 1. The second-order valence-electron chi connectivity index (χ2n) is 6.68. The molecule has 0 atom stereocenters. The van der Waals surface area contributed by atoms with Gasteiger partial charge in [0.25, 0.3) is 0 Å². The van der Waals surface area contributed by atoms with Gasteiger partial charge in [-0.05, 0) is 55.7 Å². The smallest absolute Gasteiger partial charge is 0.190 e. The molecule has 2 rings (SSSR count). The zero-order valence-corrected chi connectivity index (χ0v) is 18.6. The van der Waals surface area contributed by atoms with E-state index >= 15 is 0 Å². The molecule has 1 aromatic rings. The van der Waals surface area contributed by atoms with Crippen molar-refractivity contribution in [2.75, 3.05) is 46.6 Å². The zero-order valence-electron chi connectivity index (χ0n) is 16.3. The number of aromatic hydroxyl groups is 1. The van der Waals surface area contributed by atoms with Gasteiger partial charge in [-0.15, -0.1) is 24.0 Å². The van der Waals surface area contributed by atoms with Crippen LogP contribution in [0.2, 0.25) is 0 Å². The van der Waals surface area contributed by atoms with Crippen molar-refractivity contribution in [2.45, 2.75) is 32.1 Å². The first-order chi connectivity index (χ1) is 12.8. The van der Waals surface area contributed by atoms with Crippen molar-refractivity contribution in [3.63, 3.8) is 0 Å². The molecule has 1 saturated heterocycles. The molecule has 0 amide bonds. The minimum absolute atomic E-state index is 0. The second kappa shape index (κ2) is 14.9. The van der Waals surface area contributed by atoms with Crippen molar-refractivity contribution in [1.82, 2.24) is 10.6 Å². The Labute approximate surface area is 180 Å². The van der Waals surface area contributed by atoms with Gasteiger partial charge in [-0.2, -0.15) is 0 Å². The summed E-state index contributed by atoms with van der Waals surface area (Å²) in [6.07, 6.45) is 5.21. The third kappa shape index (κ3) is 10.8. The van der Waals surface area contributed by atoms with Crippen LogP contribution in [-0.2, 0) is 15.9 Å². The number of phenolic OH excluding ortho intramolecular Hbond substituents is 1. The van der Waals surface area contributed by atoms with E-state index in [1.807, 2.05) is 12.1 Å². The van der Waals surface area contributed by atoms with E-state index in [1.165, 1.54) is 5.56 Å². The average molecular weight is 491 g/mol. The molecule has 0 spiro atoms. The molecule has 0 saturated carbocycles. The van der Waals surface area contributed by atoms with Crippen LogP contribution in [0.4, 0.5) is 0 Å². The van der Waals surface area contributed by atoms with Crippen molar-refractivity contribution in [1.29, 1.82) is 0 Å². The summed E-state index contributed by atoms with van der Waals surface area (Å²) in [6.45, 7) is 5.11. The highest BCUT2D eigenvalue weighted by atomic mass is 127. The van der Waals surface area contributed by atoms with Crippen molar-refractivity contribution in [3.8, 4) is 5.75 Å². The second-order valence-corrected chi connectivity index (χ2v) is 6.68. The van der Waals surface area contributed by atoms with Gasteiger partial charge in [0.05, 0.1) is 0 Å². The third-order valence-corrected chi connectivity index (χ3v) is 4.55. The minimum atomic E-state index is 0. The van der Waals surface area contributed by atoms with Crippen molar-refractivity contribution < 1.29 is 14.6 Å². The van der Waals surface area contributed by atoms with Crippen molar-refractivity contribution in [2.24, 2.45) is 10.9 Å². The first kappa shape index (κ1) is 24.0. The molecule has 27 heavy (non-hydrogen) atoms. The molecule has 0 unspecified atom stereocenters. The summed E-state index contributed by atoms with van der Waals surface area (Å²) in [5.74, 6) is 1.81. The summed E-state index contributed by atoms with van der Waals surface area (Å²) in [4.78, 5) is 4.24. The first-order valence-corrected chi connectivity index (χ1v) is 9.66. The fourth-order valence-electron chi connectivity index (χ4n) is 2.93. The maximum Gasteiger partial charge on any atom is 0.190 e. The van der Waals surface area contributed by atoms with Crippen LogP contribution in [0.1, 0.15) is 31.2 Å². The normalized spacial score (nSPS) is 15.2. The topological polar surface area (TPSA) is 75.1 Å². The van der Waals surface area contributed by atoms with E-state index in [0.29, 0.717) is 11.7 Å². The predicted octanol–water partition coefficient (Wildman–Crippen LogP) is 2.94. The van der Waals surface area contributed by atoms with Crippen LogP contribution in [0.25, 0.3) is 0 Å². The molecule has 1 aliphatic rings. The lowest BCUT2D eigenvalue weighted by Gasteiger charge is -2.21. The number of aryl methyl sites for hydroxylation is 1. The summed E-state index contributed by atoms with van der Waals surface area (Å²) in [6, 6.07) is 7.38. The molecular weight excluding hydrogens is 457 g/mol. The van der Waals surface area contributed by atoms with Gasteiger partial charge in [0.15, 0.2) is 5.96 Å². The quantitative estimate of drug-likeness (QED) is 0.203. The van der Waals surface area contributed by atoms with Crippen molar-refractivity contribution in [3.05, 3.63) is 29.8 Å². The Hall–Kier alpha value is -1.06. The lowest BCUT2D eigenvalue weighted by atomic mass is 10.0. The van der Waals surface area contributed by atoms with Gasteiger partial charge in [0.2, 0.25) is 0 Å². The molecule has 154 valence electrons. The Morgan fingerprint density at radius 1 is 1.15 bits per heavy atom. The van der Waals surface area contributed by atoms with Crippen LogP contribution in [0.3, 0.4) is 0 Å². The summed E-state index contributed by atoms with van der Waals surface area (Å²) < 4.78 is 11.1. The molecule has 7 heteroatoms. The number of hydrogen-bond donors (Lipinski definition) is 3. The van der Waals surface area contributed by atoms with Gasteiger partial charge in [-0.1, -0.05) is 12.1 Å². The molecule has 1 heterocycles. The highest BCUT2D eigenvalue weighted by Crippen LogP contribution is 2.14. The molecule has 3 N–H and O–H groups in total. The number of nitrogens with one attached hydrogen (secondary N) is 2. The van der Waals surface area contributed by atoms with Gasteiger partial charge in [-0.3, -0.25) is 4.99 Å². The zero-order chi connectivity index (χ0) is 18.5. The molecule has 0 aliphatic carbocycles. The fourth-order valence-corrected chi connectivity index (χ4v) is 2.93. The van der Waals surface area contributed by atoms with Crippen LogP contribution in [0, 0.1) is 5.92 Å². The van der Waals surface area contributed by atoms with Crippen LogP contribution < -0.4 is 10.6 Å². The van der Waals surface area contributed by atoms with Crippen LogP contribution >= 0.6 is 24.0 Å². The van der Waals surface area contributed by atoms with Gasteiger partial charge in [0.1, 0.15) is 5.75 Å². The van der Waals surface area contributed by atoms with E-state index in [9.17, 15) is 5.11 Å². The Kier molecular flexibility index (Phi) is 13.3. The molecule has 1 aliphatic heterocycles. The molecular formula is C20H34IN3O3. The standard InChI is InChI=1S/C20H33N3O3.HI/c1-21-20(22-11-2-4-17-5-7-19(24)8-6-17)23-12-3-13-26-16-18-9-14-25-15-10-18;/h5-8,18,24H,2-4,9-16H2,1H3,(H2,21,22,23);1H. The number of phenols is 1. The number of ether oxygens (including phenoxy) is 2. The fraction of sp³-hybridized carbons (Fsp3) is 0.650. The number of guanidine groups is 1. The number of halogens is 1.